The molecule has 0 spiro atoms. The second-order valence-electron chi connectivity index (χ2n) is 6.35. The van der Waals surface area contributed by atoms with Gasteiger partial charge in [-0.05, 0) is 37.1 Å². The van der Waals surface area contributed by atoms with Crippen LogP contribution in [0.5, 0.6) is 0 Å². The normalized spacial score (nSPS) is 11.1. The zero-order chi connectivity index (χ0) is 18.8. The van der Waals surface area contributed by atoms with Crippen molar-refractivity contribution in [3.8, 4) is 22.3 Å². The first-order valence-electron chi connectivity index (χ1n) is 8.38. The average molecular weight is 353 g/mol. The van der Waals surface area contributed by atoms with Crippen LogP contribution in [0, 0.1) is 5.82 Å². The summed E-state index contributed by atoms with van der Waals surface area (Å²) in [5.41, 5.74) is 3.17. The van der Waals surface area contributed by atoms with Crippen molar-refractivity contribution in [2.75, 3.05) is 0 Å². The van der Waals surface area contributed by atoms with E-state index in [0.717, 1.165) is 5.56 Å². The van der Waals surface area contributed by atoms with E-state index in [1.54, 1.807) is 16.7 Å². The Labute approximate surface area is 151 Å². The molecule has 0 radical (unpaired) electrons. The maximum atomic E-state index is 13.4. The van der Waals surface area contributed by atoms with Crippen molar-refractivity contribution in [2.24, 2.45) is 0 Å². The van der Waals surface area contributed by atoms with Gasteiger partial charge in [-0.1, -0.05) is 42.5 Å². The van der Waals surface area contributed by atoms with Crippen molar-refractivity contribution in [3.63, 3.8) is 0 Å². The topological polar surface area (TPSA) is 62.5 Å². The summed E-state index contributed by atoms with van der Waals surface area (Å²) in [7, 11) is 0. The van der Waals surface area contributed by atoms with Gasteiger partial charge in [0, 0.05) is 17.2 Å². The maximum absolute atomic E-state index is 13.4. The number of aliphatic hydroxyl groups is 1. The Morgan fingerprint density at radius 2 is 1.58 bits per heavy atom. The molecule has 0 aliphatic heterocycles. The van der Waals surface area contributed by atoms with E-state index in [0.29, 0.717) is 22.4 Å². The predicted molar refractivity (Wildman–Crippen MR) is 98.5 cm³/mol. The molecule has 0 atom stereocenters. The fraction of sp³-hybridized carbons (Fsp3) is 0.190. The van der Waals surface area contributed by atoms with Crippen molar-refractivity contribution in [1.82, 2.24) is 4.57 Å². The number of carboxylic acid groups (broad SMARTS) is 1. The van der Waals surface area contributed by atoms with Crippen LogP contribution >= 0.6 is 0 Å². The molecule has 0 amide bonds. The summed E-state index contributed by atoms with van der Waals surface area (Å²) in [5.74, 6) is -1.44. The van der Waals surface area contributed by atoms with E-state index in [1.807, 2.05) is 44.2 Å². The van der Waals surface area contributed by atoms with Crippen molar-refractivity contribution in [2.45, 2.75) is 26.5 Å². The Bertz CT molecular complexity index is 928. The van der Waals surface area contributed by atoms with Gasteiger partial charge in [-0.2, -0.15) is 0 Å². The van der Waals surface area contributed by atoms with Crippen LogP contribution in [-0.2, 0) is 6.61 Å². The van der Waals surface area contributed by atoms with Crippen LogP contribution in [0.15, 0.2) is 54.6 Å². The van der Waals surface area contributed by atoms with Gasteiger partial charge in [-0.3, -0.25) is 0 Å². The third-order valence-corrected chi connectivity index (χ3v) is 4.37. The van der Waals surface area contributed by atoms with Crippen LogP contribution in [0.25, 0.3) is 22.3 Å². The van der Waals surface area contributed by atoms with Crippen LogP contribution < -0.4 is 0 Å². The molecule has 26 heavy (non-hydrogen) atoms. The Kier molecular flexibility index (Phi) is 4.91. The zero-order valence-corrected chi connectivity index (χ0v) is 14.6. The molecule has 0 saturated carbocycles. The first-order valence-corrected chi connectivity index (χ1v) is 8.38. The molecule has 1 heterocycles. The minimum absolute atomic E-state index is 0.120. The number of aromatic nitrogens is 1. The van der Waals surface area contributed by atoms with Gasteiger partial charge in [0.1, 0.15) is 11.5 Å². The van der Waals surface area contributed by atoms with Gasteiger partial charge in [0.2, 0.25) is 0 Å². The van der Waals surface area contributed by atoms with Crippen LogP contribution in [-0.4, -0.2) is 20.7 Å². The number of rotatable bonds is 5. The lowest BCUT2D eigenvalue weighted by molar-refractivity contribution is 0.0683. The first kappa shape index (κ1) is 17.9. The van der Waals surface area contributed by atoms with Gasteiger partial charge in [0.05, 0.1) is 12.3 Å². The molecule has 1 aromatic heterocycles. The summed E-state index contributed by atoms with van der Waals surface area (Å²) in [5, 5.41) is 20.0. The number of hydrogen-bond donors (Lipinski definition) is 2. The standard InChI is InChI=1S/C21H20FNO3/c1-13(2)23-17(12-24)18(15-8-10-16(22)11-9-15)19(20(23)21(25)26)14-6-4-3-5-7-14/h3-11,13,24H,12H2,1-2H3,(H,25,26). The van der Waals surface area contributed by atoms with Crippen LogP contribution in [0.3, 0.4) is 0 Å². The molecule has 0 fully saturated rings. The highest BCUT2D eigenvalue weighted by molar-refractivity contribution is 6.02. The Morgan fingerprint density at radius 3 is 2.08 bits per heavy atom. The largest absolute Gasteiger partial charge is 0.477 e. The smallest absolute Gasteiger partial charge is 0.353 e. The molecule has 0 saturated heterocycles. The van der Waals surface area contributed by atoms with Crippen LogP contribution in [0.4, 0.5) is 4.39 Å². The minimum Gasteiger partial charge on any atom is -0.477 e. The maximum Gasteiger partial charge on any atom is 0.353 e. The molecule has 0 aliphatic rings. The lowest BCUT2D eigenvalue weighted by Gasteiger charge is -2.15. The number of nitrogens with zero attached hydrogens (tertiary/aromatic N) is 1. The van der Waals surface area contributed by atoms with Crippen molar-refractivity contribution >= 4 is 5.97 Å². The Morgan fingerprint density at radius 1 is 1.00 bits per heavy atom. The van der Waals surface area contributed by atoms with E-state index in [4.69, 9.17) is 0 Å². The SMILES string of the molecule is CC(C)n1c(CO)c(-c2ccc(F)cc2)c(-c2ccccc2)c1C(=O)O. The second kappa shape index (κ2) is 7.14. The molecule has 0 bridgehead atoms. The summed E-state index contributed by atoms with van der Waals surface area (Å²) in [6.45, 7) is 3.42. The third-order valence-electron chi connectivity index (χ3n) is 4.37. The fourth-order valence-electron chi connectivity index (χ4n) is 3.39. The summed E-state index contributed by atoms with van der Waals surface area (Å²) in [4.78, 5) is 12.1. The van der Waals surface area contributed by atoms with Gasteiger partial charge in [0.15, 0.2) is 0 Å². The quantitative estimate of drug-likeness (QED) is 0.697. The van der Waals surface area contributed by atoms with E-state index in [2.05, 4.69) is 0 Å². The number of carbonyl (C=O) groups is 1. The van der Waals surface area contributed by atoms with Crippen molar-refractivity contribution in [1.29, 1.82) is 0 Å². The molecule has 2 aromatic carbocycles. The van der Waals surface area contributed by atoms with E-state index in [9.17, 15) is 19.4 Å². The molecule has 3 rings (SSSR count). The molecular weight excluding hydrogens is 333 g/mol. The van der Waals surface area contributed by atoms with E-state index < -0.39 is 5.97 Å². The van der Waals surface area contributed by atoms with E-state index >= 15 is 0 Å². The number of benzene rings is 2. The molecule has 3 aromatic rings. The molecule has 5 heteroatoms. The lowest BCUT2D eigenvalue weighted by atomic mass is 9.95. The second-order valence-corrected chi connectivity index (χ2v) is 6.35. The van der Waals surface area contributed by atoms with E-state index in [-0.39, 0.29) is 24.2 Å². The summed E-state index contributed by atoms with van der Waals surface area (Å²) in [6, 6.07) is 14.9. The first-order chi connectivity index (χ1) is 12.5. The summed E-state index contributed by atoms with van der Waals surface area (Å²) < 4.78 is 15.0. The van der Waals surface area contributed by atoms with Crippen molar-refractivity contribution in [3.05, 3.63) is 71.8 Å². The van der Waals surface area contributed by atoms with Crippen molar-refractivity contribution < 1.29 is 19.4 Å². The summed E-state index contributed by atoms with van der Waals surface area (Å²) >= 11 is 0. The number of aliphatic hydroxyl groups excluding tert-OH is 1. The monoisotopic (exact) mass is 353 g/mol. The highest BCUT2D eigenvalue weighted by atomic mass is 19.1. The zero-order valence-electron chi connectivity index (χ0n) is 14.6. The minimum atomic E-state index is -1.07. The highest BCUT2D eigenvalue weighted by Crippen LogP contribution is 2.41. The molecule has 0 aliphatic carbocycles. The van der Waals surface area contributed by atoms with Gasteiger partial charge in [-0.15, -0.1) is 0 Å². The van der Waals surface area contributed by atoms with E-state index in [1.165, 1.54) is 12.1 Å². The molecule has 0 unspecified atom stereocenters. The number of hydrogen-bond acceptors (Lipinski definition) is 2. The molecule has 134 valence electrons. The van der Waals surface area contributed by atoms with Gasteiger partial charge >= 0.3 is 5.97 Å². The summed E-state index contributed by atoms with van der Waals surface area (Å²) in [6.07, 6.45) is 0. The number of aromatic carboxylic acids is 1. The molecule has 2 N–H and O–H groups in total. The van der Waals surface area contributed by atoms with Gasteiger partial charge in [0.25, 0.3) is 0 Å². The van der Waals surface area contributed by atoms with Gasteiger partial charge in [-0.25, -0.2) is 9.18 Å². The fourth-order valence-corrected chi connectivity index (χ4v) is 3.39. The van der Waals surface area contributed by atoms with Crippen LogP contribution in [0.2, 0.25) is 0 Å². The van der Waals surface area contributed by atoms with Crippen LogP contribution in [0.1, 0.15) is 36.1 Å². The Hall–Kier alpha value is -2.92. The highest BCUT2D eigenvalue weighted by Gasteiger charge is 2.29. The van der Waals surface area contributed by atoms with Gasteiger partial charge < -0.3 is 14.8 Å². The molecule has 4 nitrogen and oxygen atoms in total. The molecular formula is C21H20FNO3. The lowest BCUT2D eigenvalue weighted by Crippen LogP contribution is -2.14. The predicted octanol–water partition coefficient (Wildman–Crippen LogP) is 4.73. The number of carboxylic acids is 1. The Balaban J connectivity index is 2.46. The third kappa shape index (κ3) is 3.02. The number of halogens is 1. The average Bonchev–Trinajstić information content (AvgIpc) is 2.98.